The Labute approximate surface area is 166 Å². The van der Waals surface area contributed by atoms with Crippen molar-refractivity contribution < 1.29 is 26.8 Å². The highest BCUT2D eigenvalue weighted by atomic mass is 32.2. The molecule has 3 aromatic rings. The lowest BCUT2D eigenvalue weighted by Gasteiger charge is -2.18. The Bertz CT molecular complexity index is 1130. The Morgan fingerprint density at radius 1 is 1.07 bits per heavy atom. The van der Waals surface area contributed by atoms with Crippen molar-refractivity contribution in [3.05, 3.63) is 59.7 Å². The molecule has 1 aromatic heterocycles. The summed E-state index contributed by atoms with van der Waals surface area (Å²) in [5.41, 5.74) is 0.897. The molecule has 1 aliphatic rings. The van der Waals surface area contributed by atoms with E-state index in [9.17, 15) is 12.8 Å². The number of aromatic nitrogens is 2. The molecule has 2 heterocycles. The molecule has 0 saturated heterocycles. The van der Waals surface area contributed by atoms with Gasteiger partial charge in [0.05, 0.1) is 12.8 Å². The summed E-state index contributed by atoms with van der Waals surface area (Å²) in [5, 5.41) is 3.92. The van der Waals surface area contributed by atoms with Crippen LogP contribution in [0.4, 0.5) is 4.39 Å². The van der Waals surface area contributed by atoms with Crippen molar-refractivity contribution in [3.8, 4) is 22.9 Å². The molecule has 0 saturated carbocycles. The summed E-state index contributed by atoms with van der Waals surface area (Å²) in [7, 11) is -3.64. The van der Waals surface area contributed by atoms with E-state index < -0.39 is 15.8 Å². The summed E-state index contributed by atoms with van der Waals surface area (Å²) < 4.78 is 55.6. The third kappa shape index (κ3) is 4.38. The third-order valence-electron chi connectivity index (χ3n) is 4.35. The van der Waals surface area contributed by atoms with Crippen LogP contribution in [0.5, 0.6) is 11.5 Å². The number of fused-ring (bicyclic) bond motifs is 1. The number of benzene rings is 2. The fourth-order valence-corrected chi connectivity index (χ4v) is 3.60. The van der Waals surface area contributed by atoms with Gasteiger partial charge >= 0.3 is 0 Å². The summed E-state index contributed by atoms with van der Waals surface area (Å²) in [6, 6.07) is 11.2. The molecule has 8 nitrogen and oxygen atoms in total. The van der Waals surface area contributed by atoms with E-state index in [0.717, 1.165) is 10.6 Å². The van der Waals surface area contributed by atoms with Crippen LogP contribution in [-0.2, 0) is 23.1 Å². The van der Waals surface area contributed by atoms with Crippen molar-refractivity contribution in [3.63, 3.8) is 0 Å². The lowest BCUT2D eigenvalue weighted by Crippen LogP contribution is -2.29. The highest BCUT2D eigenvalue weighted by Crippen LogP contribution is 2.33. The Hall–Kier alpha value is -2.98. The van der Waals surface area contributed by atoms with Gasteiger partial charge in [-0.1, -0.05) is 23.4 Å². The molecular weight excluding hydrogens is 401 g/mol. The molecule has 0 spiro atoms. The molecule has 0 radical (unpaired) electrons. The number of sulfonamides is 1. The Morgan fingerprint density at radius 2 is 1.83 bits per heavy atom. The van der Waals surface area contributed by atoms with Crippen LogP contribution in [0.15, 0.2) is 47.0 Å². The fraction of sp³-hybridized carbons (Fsp3) is 0.263. The first kappa shape index (κ1) is 19.3. The van der Waals surface area contributed by atoms with Gasteiger partial charge in [-0.2, -0.15) is 9.29 Å². The second-order valence-electron chi connectivity index (χ2n) is 6.49. The zero-order valence-corrected chi connectivity index (χ0v) is 16.4. The SMILES string of the molecule is CS(=O)(=O)N(Cc1nc(-c2ccc3c(c2)OCCO3)no1)Cc1ccccc1F. The van der Waals surface area contributed by atoms with Gasteiger partial charge in [-0.25, -0.2) is 12.8 Å². The van der Waals surface area contributed by atoms with Gasteiger partial charge in [0.2, 0.25) is 21.7 Å². The van der Waals surface area contributed by atoms with Crippen LogP contribution < -0.4 is 9.47 Å². The summed E-state index contributed by atoms with van der Waals surface area (Å²) in [5.74, 6) is 1.12. The highest BCUT2D eigenvalue weighted by molar-refractivity contribution is 7.88. The second kappa shape index (κ2) is 7.80. The maximum absolute atomic E-state index is 13.9. The topological polar surface area (TPSA) is 94.8 Å². The maximum atomic E-state index is 13.9. The number of halogens is 1. The van der Waals surface area contributed by atoms with Crippen molar-refractivity contribution in [1.82, 2.24) is 14.4 Å². The van der Waals surface area contributed by atoms with Gasteiger partial charge in [0, 0.05) is 17.7 Å². The van der Waals surface area contributed by atoms with Crippen LogP contribution in [0.3, 0.4) is 0 Å². The summed E-state index contributed by atoms with van der Waals surface area (Å²) in [6.45, 7) is 0.618. The minimum Gasteiger partial charge on any atom is -0.486 e. The quantitative estimate of drug-likeness (QED) is 0.606. The Morgan fingerprint density at radius 3 is 2.59 bits per heavy atom. The molecule has 4 rings (SSSR count). The van der Waals surface area contributed by atoms with E-state index in [1.165, 1.54) is 12.1 Å². The minimum absolute atomic E-state index is 0.0941. The normalized spacial score (nSPS) is 13.6. The fourth-order valence-electron chi connectivity index (χ4n) is 2.88. The number of hydrogen-bond donors (Lipinski definition) is 0. The molecular formula is C19H18FN3O5S. The molecule has 0 amide bonds. The summed E-state index contributed by atoms with van der Waals surface area (Å²) in [4.78, 5) is 4.27. The van der Waals surface area contributed by atoms with Crippen molar-refractivity contribution in [2.24, 2.45) is 0 Å². The monoisotopic (exact) mass is 419 g/mol. The van der Waals surface area contributed by atoms with Crippen LogP contribution in [-0.4, -0.2) is 42.3 Å². The standard InChI is InChI=1S/C19H18FN3O5S/c1-29(24,25)23(11-14-4-2-3-5-15(14)20)12-18-21-19(22-28-18)13-6-7-16-17(10-13)27-9-8-26-16/h2-7,10H,8-9,11-12H2,1H3. The number of ether oxygens (including phenoxy) is 2. The van der Waals surface area contributed by atoms with Gasteiger partial charge in [0.15, 0.2) is 11.5 Å². The number of rotatable bonds is 6. The van der Waals surface area contributed by atoms with Crippen molar-refractivity contribution in [2.45, 2.75) is 13.1 Å². The molecule has 10 heteroatoms. The van der Waals surface area contributed by atoms with Gasteiger partial charge in [0.25, 0.3) is 0 Å². The minimum atomic E-state index is -3.64. The van der Waals surface area contributed by atoms with E-state index in [1.54, 1.807) is 30.3 Å². The van der Waals surface area contributed by atoms with Crippen molar-refractivity contribution in [1.29, 1.82) is 0 Å². The molecule has 0 bridgehead atoms. The Balaban J connectivity index is 1.55. The van der Waals surface area contributed by atoms with Gasteiger partial charge in [-0.05, 0) is 24.3 Å². The highest BCUT2D eigenvalue weighted by Gasteiger charge is 2.23. The lowest BCUT2D eigenvalue weighted by atomic mass is 10.2. The van der Waals surface area contributed by atoms with E-state index in [2.05, 4.69) is 10.1 Å². The van der Waals surface area contributed by atoms with Crippen LogP contribution >= 0.6 is 0 Å². The second-order valence-corrected chi connectivity index (χ2v) is 8.48. The molecule has 0 fully saturated rings. The van der Waals surface area contributed by atoms with E-state index in [1.807, 2.05) is 0 Å². The molecule has 0 aliphatic carbocycles. The lowest BCUT2D eigenvalue weighted by molar-refractivity contribution is 0.171. The van der Waals surface area contributed by atoms with Crippen molar-refractivity contribution in [2.75, 3.05) is 19.5 Å². The van der Waals surface area contributed by atoms with E-state index in [0.29, 0.717) is 30.3 Å². The molecule has 0 unspecified atom stereocenters. The van der Waals surface area contributed by atoms with E-state index >= 15 is 0 Å². The molecule has 2 aromatic carbocycles. The van der Waals surface area contributed by atoms with Crippen molar-refractivity contribution >= 4 is 10.0 Å². The average Bonchev–Trinajstić information content (AvgIpc) is 3.17. The van der Waals surface area contributed by atoms with Gasteiger partial charge < -0.3 is 14.0 Å². The number of hydrogen-bond acceptors (Lipinski definition) is 7. The average molecular weight is 419 g/mol. The predicted octanol–water partition coefficient (Wildman–Crippen LogP) is 2.61. The zero-order chi connectivity index (χ0) is 20.4. The van der Waals surface area contributed by atoms with Gasteiger partial charge in [-0.3, -0.25) is 0 Å². The van der Waals surface area contributed by atoms with E-state index in [-0.39, 0.29) is 30.4 Å². The van der Waals surface area contributed by atoms with E-state index in [4.69, 9.17) is 14.0 Å². The molecule has 29 heavy (non-hydrogen) atoms. The third-order valence-corrected chi connectivity index (χ3v) is 5.55. The smallest absolute Gasteiger partial charge is 0.242 e. The molecule has 1 aliphatic heterocycles. The first-order valence-corrected chi connectivity index (χ1v) is 10.7. The molecule has 0 N–H and O–H groups in total. The van der Waals surface area contributed by atoms with Gasteiger partial charge in [-0.15, -0.1) is 0 Å². The largest absolute Gasteiger partial charge is 0.486 e. The van der Waals surface area contributed by atoms with Crippen LogP contribution in [0.25, 0.3) is 11.4 Å². The maximum Gasteiger partial charge on any atom is 0.242 e. The summed E-state index contributed by atoms with van der Waals surface area (Å²) >= 11 is 0. The first-order chi connectivity index (χ1) is 13.9. The molecule has 152 valence electrons. The van der Waals surface area contributed by atoms with Crippen LogP contribution in [0.2, 0.25) is 0 Å². The first-order valence-electron chi connectivity index (χ1n) is 8.81. The Kier molecular flexibility index (Phi) is 5.20. The number of nitrogens with zero attached hydrogens (tertiary/aromatic N) is 3. The van der Waals surface area contributed by atoms with Crippen LogP contribution in [0.1, 0.15) is 11.5 Å². The van der Waals surface area contributed by atoms with Crippen LogP contribution in [0, 0.1) is 5.82 Å². The summed E-state index contributed by atoms with van der Waals surface area (Å²) in [6.07, 6.45) is 1.05. The predicted molar refractivity (Wildman–Crippen MR) is 101 cm³/mol. The molecule has 0 atom stereocenters. The zero-order valence-electron chi connectivity index (χ0n) is 15.5. The van der Waals surface area contributed by atoms with Gasteiger partial charge in [0.1, 0.15) is 19.0 Å².